The molecule has 12 nitrogen and oxygen atoms in total. The second-order valence-electron chi connectivity index (χ2n) is 13.5. The molecular weight excluding hydrogens is 650 g/mol. The van der Waals surface area contributed by atoms with E-state index in [0.29, 0.717) is 58.3 Å². The Labute approximate surface area is 309 Å². The van der Waals surface area contributed by atoms with E-state index < -0.39 is 6.04 Å². The molecule has 0 radical (unpaired) electrons. The average Bonchev–Trinajstić information content (AvgIpc) is 3.11. The highest BCUT2D eigenvalue weighted by molar-refractivity contribution is 5.77. The molecule has 0 saturated carbocycles. The van der Waals surface area contributed by atoms with Crippen molar-refractivity contribution in [2.24, 2.45) is 0 Å². The van der Waals surface area contributed by atoms with Crippen LogP contribution in [0.2, 0.25) is 0 Å². The van der Waals surface area contributed by atoms with Gasteiger partial charge >= 0.3 is 0 Å². The van der Waals surface area contributed by atoms with Crippen molar-refractivity contribution in [2.45, 2.75) is 168 Å². The predicted octanol–water partition coefficient (Wildman–Crippen LogP) is 5.61. The summed E-state index contributed by atoms with van der Waals surface area (Å²) in [4.78, 5) is 60.7. The number of amides is 5. The lowest BCUT2D eigenvalue weighted by atomic mass is 10.1. The maximum atomic E-state index is 12.7. The highest BCUT2D eigenvalue weighted by Gasteiger charge is 2.14. The highest BCUT2D eigenvalue weighted by Crippen LogP contribution is 2.10. The van der Waals surface area contributed by atoms with E-state index in [1.54, 1.807) is 0 Å². The molecule has 0 bridgehead atoms. The zero-order valence-electron chi connectivity index (χ0n) is 32.6. The largest absolute Gasteiger partial charge is 0.379 e. The number of ether oxygens (including phenoxy) is 2. The molecule has 5 amide bonds. The summed E-state index contributed by atoms with van der Waals surface area (Å²) in [5, 5.41) is 14.5. The van der Waals surface area contributed by atoms with Gasteiger partial charge in [0, 0.05) is 58.3 Å². The molecular formula is C39H75N5O7. The molecule has 0 fully saturated rings. The van der Waals surface area contributed by atoms with Gasteiger partial charge in [-0.15, -0.1) is 0 Å². The molecule has 0 unspecified atom stereocenters. The number of unbranched alkanes of at least 4 members (excludes halogenated alkanes) is 12. The molecule has 12 heteroatoms. The van der Waals surface area contributed by atoms with Crippen molar-refractivity contribution < 1.29 is 33.4 Å². The molecule has 0 spiro atoms. The third-order valence-electron chi connectivity index (χ3n) is 8.47. The smallest absolute Gasteiger partial charge is 0.222 e. The van der Waals surface area contributed by atoms with E-state index in [9.17, 15) is 24.0 Å². The van der Waals surface area contributed by atoms with Gasteiger partial charge in [-0.2, -0.15) is 0 Å². The van der Waals surface area contributed by atoms with Gasteiger partial charge in [0.1, 0.15) is 0 Å². The second-order valence-corrected chi connectivity index (χ2v) is 13.5. The maximum Gasteiger partial charge on any atom is 0.222 e. The lowest BCUT2D eigenvalue weighted by Crippen LogP contribution is -2.42. The number of rotatable bonds is 37. The monoisotopic (exact) mass is 726 g/mol. The summed E-state index contributed by atoms with van der Waals surface area (Å²) in [5.74, 6) is -0.215. The fourth-order valence-corrected chi connectivity index (χ4v) is 5.32. The Hall–Kier alpha value is -2.73. The average molecular weight is 726 g/mol. The molecule has 0 rings (SSSR count). The molecule has 51 heavy (non-hydrogen) atoms. The first kappa shape index (κ1) is 48.3. The van der Waals surface area contributed by atoms with Gasteiger partial charge in [-0.25, -0.2) is 0 Å². The molecule has 0 atom stereocenters. The van der Waals surface area contributed by atoms with E-state index in [-0.39, 0.29) is 68.8 Å². The van der Waals surface area contributed by atoms with Crippen molar-refractivity contribution in [2.75, 3.05) is 52.6 Å². The molecule has 0 aromatic carbocycles. The van der Waals surface area contributed by atoms with E-state index >= 15 is 0 Å². The first-order valence-corrected chi connectivity index (χ1v) is 20.3. The lowest BCUT2D eigenvalue weighted by Gasteiger charge is -2.19. The molecule has 298 valence electrons. The van der Waals surface area contributed by atoms with Crippen LogP contribution in [0.5, 0.6) is 0 Å². The Balaban J connectivity index is 4.38. The van der Waals surface area contributed by atoms with Crippen LogP contribution < -0.4 is 26.6 Å². The van der Waals surface area contributed by atoms with E-state index in [1.165, 1.54) is 38.5 Å². The van der Waals surface area contributed by atoms with Gasteiger partial charge in [0.2, 0.25) is 29.5 Å². The Kier molecular flexibility index (Phi) is 35.1. The number of carbonyl (C=O) groups is 5. The summed E-state index contributed by atoms with van der Waals surface area (Å²) >= 11 is 0. The van der Waals surface area contributed by atoms with Crippen LogP contribution in [0.25, 0.3) is 0 Å². The summed E-state index contributed by atoms with van der Waals surface area (Å²) < 4.78 is 11.5. The van der Waals surface area contributed by atoms with E-state index in [1.807, 2.05) is 0 Å². The fourth-order valence-electron chi connectivity index (χ4n) is 5.32. The van der Waals surface area contributed by atoms with Gasteiger partial charge in [0.25, 0.3) is 0 Å². The van der Waals surface area contributed by atoms with Gasteiger partial charge < -0.3 is 36.1 Å². The fraction of sp³-hybridized carbons (Fsp3) is 0.872. The minimum absolute atomic E-state index is 0.0525. The van der Waals surface area contributed by atoms with Crippen molar-refractivity contribution in [3.8, 4) is 0 Å². The number of hydrogen-bond donors (Lipinski definition) is 5. The first-order chi connectivity index (χ1) is 24.8. The Bertz CT molecular complexity index is 838. The topological polar surface area (TPSA) is 164 Å². The third-order valence-corrected chi connectivity index (χ3v) is 8.47. The van der Waals surface area contributed by atoms with Crippen LogP contribution in [-0.2, 0) is 33.4 Å². The Morgan fingerprint density at radius 3 is 1.12 bits per heavy atom. The molecule has 5 N–H and O–H groups in total. The minimum atomic E-state index is -0.399. The van der Waals surface area contributed by atoms with Gasteiger partial charge in [-0.3, -0.25) is 24.0 Å². The van der Waals surface area contributed by atoms with Crippen LogP contribution in [0.1, 0.15) is 162 Å². The van der Waals surface area contributed by atoms with Gasteiger partial charge in [0.15, 0.2) is 0 Å². The van der Waals surface area contributed by atoms with Crippen LogP contribution in [-0.4, -0.2) is 88.2 Å². The zero-order chi connectivity index (χ0) is 37.6. The summed E-state index contributed by atoms with van der Waals surface area (Å²) in [6, 6.07) is -0.399. The van der Waals surface area contributed by atoms with Crippen LogP contribution in [0.4, 0.5) is 0 Å². The number of carbonyl (C=O) groups excluding carboxylic acids is 5. The van der Waals surface area contributed by atoms with Crippen molar-refractivity contribution in [1.29, 1.82) is 0 Å². The van der Waals surface area contributed by atoms with Crippen molar-refractivity contribution in [3.05, 3.63) is 0 Å². The second kappa shape index (κ2) is 37.0. The van der Waals surface area contributed by atoms with Gasteiger partial charge in [-0.1, -0.05) is 97.8 Å². The summed E-state index contributed by atoms with van der Waals surface area (Å²) in [5.41, 5.74) is 0. The SMILES string of the molecule is CCCCCCCCCCCC(=O)NC(COCCC(=O)NCCCNC(=O)CCCCC)COCCC(=O)NCCCNC(=O)CCCCC. The molecule has 0 aliphatic heterocycles. The summed E-state index contributed by atoms with van der Waals surface area (Å²) in [6.45, 7) is 9.22. The minimum Gasteiger partial charge on any atom is -0.379 e. The first-order valence-electron chi connectivity index (χ1n) is 20.3. The number of nitrogens with one attached hydrogen (secondary N) is 5. The highest BCUT2D eigenvalue weighted by atomic mass is 16.5. The molecule has 0 aliphatic carbocycles. The Morgan fingerprint density at radius 2 is 0.706 bits per heavy atom. The molecule has 0 aromatic rings. The number of hydrogen-bond acceptors (Lipinski definition) is 7. The quantitative estimate of drug-likeness (QED) is 0.0520. The normalized spacial score (nSPS) is 11.0. The van der Waals surface area contributed by atoms with Crippen LogP contribution in [0, 0.1) is 0 Å². The standard InChI is InChI=1S/C39H75N5O7/c1-4-7-10-11-12-13-14-15-18-23-39(49)44-34(32-50-30-24-37(47)42-28-19-26-40-35(45)21-16-8-5-2)33-51-31-25-38(48)43-29-20-27-41-36(46)22-17-9-6-3/h34H,4-33H2,1-3H3,(H,40,45)(H,41,46)(H,42,47)(H,43,48)(H,44,49). The van der Waals surface area contributed by atoms with Gasteiger partial charge in [-0.05, 0) is 32.1 Å². The van der Waals surface area contributed by atoms with E-state index in [4.69, 9.17) is 9.47 Å². The molecule has 0 aliphatic rings. The molecule has 0 heterocycles. The van der Waals surface area contributed by atoms with Crippen molar-refractivity contribution in [1.82, 2.24) is 26.6 Å². The van der Waals surface area contributed by atoms with Crippen LogP contribution in [0.15, 0.2) is 0 Å². The maximum absolute atomic E-state index is 12.7. The van der Waals surface area contributed by atoms with Crippen LogP contribution in [0.3, 0.4) is 0 Å². The van der Waals surface area contributed by atoms with E-state index in [0.717, 1.165) is 57.8 Å². The Morgan fingerprint density at radius 1 is 0.392 bits per heavy atom. The summed E-state index contributed by atoms with van der Waals surface area (Å²) in [6.07, 6.45) is 19.9. The lowest BCUT2D eigenvalue weighted by molar-refractivity contribution is -0.125. The van der Waals surface area contributed by atoms with Crippen LogP contribution >= 0.6 is 0 Å². The molecule has 0 saturated heterocycles. The predicted molar refractivity (Wildman–Crippen MR) is 204 cm³/mol. The molecule has 0 aromatic heterocycles. The van der Waals surface area contributed by atoms with Crippen molar-refractivity contribution >= 4 is 29.5 Å². The summed E-state index contributed by atoms with van der Waals surface area (Å²) in [7, 11) is 0. The zero-order valence-corrected chi connectivity index (χ0v) is 32.6. The van der Waals surface area contributed by atoms with E-state index in [2.05, 4.69) is 47.4 Å². The third kappa shape index (κ3) is 35.5. The van der Waals surface area contributed by atoms with Crippen molar-refractivity contribution in [3.63, 3.8) is 0 Å². The van der Waals surface area contributed by atoms with Gasteiger partial charge in [0.05, 0.1) is 32.5 Å².